The summed E-state index contributed by atoms with van der Waals surface area (Å²) in [6.45, 7) is 2.51. The van der Waals surface area contributed by atoms with E-state index in [0.29, 0.717) is 29.2 Å². The highest BCUT2D eigenvalue weighted by molar-refractivity contribution is 6.12. The Labute approximate surface area is 118 Å². The maximum Gasteiger partial charge on any atom is 0.195 e. The van der Waals surface area contributed by atoms with Gasteiger partial charge in [-0.25, -0.2) is 0 Å². The van der Waals surface area contributed by atoms with Gasteiger partial charge in [-0.2, -0.15) is 0 Å². The Morgan fingerprint density at radius 3 is 2.35 bits per heavy atom. The highest BCUT2D eigenvalue weighted by Gasteiger charge is 2.13. The average Bonchev–Trinajstić information content (AvgIpc) is 2.48. The highest BCUT2D eigenvalue weighted by atomic mass is 16.5. The molecule has 0 saturated heterocycles. The van der Waals surface area contributed by atoms with Crippen molar-refractivity contribution >= 4 is 11.5 Å². The van der Waals surface area contributed by atoms with Gasteiger partial charge < -0.3 is 15.2 Å². The molecule has 0 aliphatic rings. The second-order valence-electron chi connectivity index (χ2n) is 4.24. The molecule has 0 fully saturated rings. The molecule has 2 aromatic carbocycles. The van der Waals surface area contributed by atoms with Crippen LogP contribution in [-0.4, -0.2) is 19.5 Å². The van der Waals surface area contributed by atoms with E-state index in [4.69, 9.17) is 15.2 Å². The lowest BCUT2D eigenvalue weighted by atomic mass is 10.0. The zero-order valence-corrected chi connectivity index (χ0v) is 11.6. The van der Waals surface area contributed by atoms with Crippen molar-refractivity contribution in [3.8, 4) is 11.5 Å². The minimum Gasteiger partial charge on any atom is -0.497 e. The Kier molecular flexibility index (Phi) is 4.25. The van der Waals surface area contributed by atoms with Gasteiger partial charge >= 0.3 is 0 Å². The summed E-state index contributed by atoms with van der Waals surface area (Å²) in [4.78, 5) is 12.4. The van der Waals surface area contributed by atoms with Gasteiger partial charge in [0.25, 0.3) is 0 Å². The molecule has 0 aliphatic carbocycles. The summed E-state index contributed by atoms with van der Waals surface area (Å²) in [5.74, 6) is 1.21. The first-order chi connectivity index (χ1) is 9.65. The zero-order chi connectivity index (χ0) is 14.5. The molecule has 0 bridgehead atoms. The van der Waals surface area contributed by atoms with Crippen LogP contribution in [0.1, 0.15) is 22.8 Å². The number of anilines is 1. The molecule has 0 spiro atoms. The Morgan fingerprint density at radius 2 is 1.75 bits per heavy atom. The predicted octanol–water partition coefficient (Wildman–Crippen LogP) is 2.91. The van der Waals surface area contributed by atoms with Gasteiger partial charge in [-0.3, -0.25) is 4.79 Å². The van der Waals surface area contributed by atoms with Gasteiger partial charge in [0.05, 0.1) is 13.7 Å². The van der Waals surface area contributed by atoms with Crippen LogP contribution in [0.3, 0.4) is 0 Å². The number of carbonyl (C=O) groups is 1. The van der Waals surface area contributed by atoms with E-state index in [1.165, 1.54) is 0 Å². The number of ketones is 1. The summed E-state index contributed by atoms with van der Waals surface area (Å²) in [5.41, 5.74) is 7.30. The topological polar surface area (TPSA) is 61.5 Å². The number of carbonyl (C=O) groups excluding carboxylic acids is 1. The molecule has 104 valence electrons. The molecule has 0 unspecified atom stereocenters. The molecule has 4 nitrogen and oxygen atoms in total. The first-order valence-electron chi connectivity index (χ1n) is 6.36. The minimum absolute atomic E-state index is 0.135. The maximum atomic E-state index is 12.4. The Hall–Kier alpha value is -2.49. The monoisotopic (exact) mass is 271 g/mol. The van der Waals surface area contributed by atoms with Crippen molar-refractivity contribution in [1.82, 2.24) is 0 Å². The van der Waals surface area contributed by atoms with Crippen molar-refractivity contribution in [3.05, 3.63) is 53.6 Å². The first-order valence-corrected chi connectivity index (χ1v) is 6.36. The molecule has 0 radical (unpaired) electrons. The van der Waals surface area contributed by atoms with E-state index in [9.17, 15) is 4.79 Å². The van der Waals surface area contributed by atoms with Crippen LogP contribution in [0.4, 0.5) is 5.69 Å². The van der Waals surface area contributed by atoms with E-state index in [2.05, 4.69) is 0 Å². The van der Waals surface area contributed by atoms with Gasteiger partial charge in [-0.15, -0.1) is 0 Å². The maximum absolute atomic E-state index is 12.4. The molecule has 2 aromatic rings. The molecule has 0 aromatic heterocycles. The van der Waals surface area contributed by atoms with E-state index in [0.717, 1.165) is 5.75 Å². The standard InChI is InChI=1S/C16H17NO3/c1-3-20-12-6-4-11(5-7-12)16(18)14-10-13(19-2)8-9-15(14)17/h4-10H,3,17H2,1-2H3. The largest absolute Gasteiger partial charge is 0.497 e. The van der Waals surface area contributed by atoms with Crippen molar-refractivity contribution in [2.24, 2.45) is 0 Å². The van der Waals surface area contributed by atoms with Crippen molar-refractivity contribution in [2.45, 2.75) is 6.92 Å². The quantitative estimate of drug-likeness (QED) is 0.671. The Balaban J connectivity index is 2.30. The molecule has 4 heteroatoms. The smallest absolute Gasteiger partial charge is 0.195 e. The van der Waals surface area contributed by atoms with Crippen LogP contribution >= 0.6 is 0 Å². The SMILES string of the molecule is CCOc1ccc(C(=O)c2cc(OC)ccc2N)cc1. The van der Waals surface area contributed by atoms with Crippen molar-refractivity contribution in [2.75, 3.05) is 19.5 Å². The van der Waals surface area contributed by atoms with Crippen LogP contribution in [0.15, 0.2) is 42.5 Å². The van der Waals surface area contributed by atoms with Crippen LogP contribution in [-0.2, 0) is 0 Å². The molecular weight excluding hydrogens is 254 g/mol. The number of hydrogen-bond acceptors (Lipinski definition) is 4. The third-order valence-corrected chi connectivity index (χ3v) is 2.93. The summed E-state index contributed by atoms with van der Waals surface area (Å²) in [7, 11) is 1.55. The van der Waals surface area contributed by atoms with E-state index in [-0.39, 0.29) is 5.78 Å². The molecular formula is C16H17NO3. The summed E-state index contributed by atoms with van der Waals surface area (Å²) in [5, 5.41) is 0. The third-order valence-electron chi connectivity index (χ3n) is 2.93. The van der Waals surface area contributed by atoms with Crippen LogP contribution in [0.2, 0.25) is 0 Å². The van der Waals surface area contributed by atoms with Gasteiger partial charge in [0.2, 0.25) is 0 Å². The zero-order valence-electron chi connectivity index (χ0n) is 11.6. The molecule has 0 aliphatic heterocycles. The van der Waals surface area contributed by atoms with E-state index < -0.39 is 0 Å². The summed E-state index contributed by atoms with van der Waals surface area (Å²) >= 11 is 0. The number of benzene rings is 2. The Bertz CT molecular complexity index is 606. The van der Waals surface area contributed by atoms with Gasteiger partial charge in [0.15, 0.2) is 5.78 Å². The highest BCUT2D eigenvalue weighted by Crippen LogP contribution is 2.23. The number of rotatable bonds is 5. The number of hydrogen-bond donors (Lipinski definition) is 1. The average molecular weight is 271 g/mol. The van der Waals surface area contributed by atoms with Crippen LogP contribution in [0, 0.1) is 0 Å². The lowest BCUT2D eigenvalue weighted by molar-refractivity contribution is 0.103. The first kappa shape index (κ1) is 13.9. The fraction of sp³-hybridized carbons (Fsp3) is 0.188. The summed E-state index contributed by atoms with van der Waals surface area (Å²) < 4.78 is 10.5. The fourth-order valence-corrected chi connectivity index (χ4v) is 1.88. The lowest BCUT2D eigenvalue weighted by Gasteiger charge is -2.08. The third kappa shape index (κ3) is 2.91. The summed E-state index contributed by atoms with van der Waals surface area (Å²) in [6, 6.07) is 12.0. The number of nitrogens with two attached hydrogens (primary N) is 1. The van der Waals surface area contributed by atoms with Gasteiger partial charge in [0.1, 0.15) is 11.5 Å². The van der Waals surface area contributed by atoms with Gasteiger partial charge in [0, 0.05) is 16.8 Å². The second kappa shape index (κ2) is 6.10. The van der Waals surface area contributed by atoms with Gasteiger partial charge in [-0.05, 0) is 49.4 Å². The second-order valence-corrected chi connectivity index (χ2v) is 4.24. The molecule has 0 atom stereocenters. The normalized spacial score (nSPS) is 10.1. The van der Waals surface area contributed by atoms with E-state index >= 15 is 0 Å². The van der Waals surface area contributed by atoms with Crippen molar-refractivity contribution in [3.63, 3.8) is 0 Å². The predicted molar refractivity (Wildman–Crippen MR) is 78.4 cm³/mol. The van der Waals surface area contributed by atoms with E-state index in [1.807, 2.05) is 6.92 Å². The van der Waals surface area contributed by atoms with Gasteiger partial charge in [-0.1, -0.05) is 0 Å². The van der Waals surface area contributed by atoms with Crippen molar-refractivity contribution < 1.29 is 14.3 Å². The molecule has 0 saturated carbocycles. The number of ether oxygens (including phenoxy) is 2. The molecule has 0 amide bonds. The molecule has 0 heterocycles. The molecule has 2 rings (SSSR count). The number of methoxy groups -OCH3 is 1. The summed E-state index contributed by atoms with van der Waals surface area (Å²) in [6.07, 6.45) is 0. The van der Waals surface area contributed by atoms with Crippen molar-refractivity contribution in [1.29, 1.82) is 0 Å². The lowest BCUT2D eigenvalue weighted by Crippen LogP contribution is -2.06. The fourth-order valence-electron chi connectivity index (χ4n) is 1.88. The molecule has 20 heavy (non-hydrogen) atoms. The van der Waals surface area contributed by atoms with Crippen LogP contribution in [0.25, 0.3) is 0 Å². The Morgan fingerprint density at radius 1 is 1.10 bits per heavy atom. The van der Waals surface area contributed by atoms with Crippen LogP contribution < -0.4 is 15.2 Å². The minimum atomic E-state index is -0.135. The van der Waals surface area contributed by atoms with Crippen LogP contribution in [0.5, 0.6) is 11.5 Å². The molecule has 2 N–H and O–H groups in total. The van der Waals surface area contributed by atoms with E-state index in [1.54, 1.807) is 49.6 Å². The number of nitrogen functional groups attached to an aromatic ring is 1.